The number of morpholine rings is 2. The van der Waals surface area contributed by atoms with Crippen LogP contribution in [-0.4, -0.2) is 102 Å². The maximum Gasteiger partial charge on any atom is 0.237 e. The molecule has 0 spiro atoms. The molecule has 8 nitrogen and oxygen atoms in total. The zero-order chi connectivity index (χ0) is 19.3. The van der Waals surface area contributed by atoms with Crippen molar-refractivity contribution in [3.8, 4) is 0 Å². The molecule has 1 aromatic rings. The predicted octanol–water partition coefficient (Wildman–Crippen LogP) is 0.507. The number of aryl methyl sites for hydroxylation is 1. The summed E-state index contributed by atoms with van der Waals surface area (Å²) in [6, 6.07) is -0.0714. The van der Waals surface area contributed by atoms with Crippen molar-refractivity contribution < 1.29 is 14.3 Å². The molecule has 0 bridgehead atoms. The van der Waals surface area contributed by atoms with Gasteiger partial charge in [0.05, 0.1) is 44.7 Å². The SMILES string of the molecule is Cn1cc([C@H]2[C@H](CN3CCCCC3)OCCN2C(=O)CN2CCOCC2)cn1. The summed E-state index contributed by atoms with van der Waals surface area (Å²) in [6.45, 7) is 7.89. The molecule has 4 rings (SSSR count). The van der Waals surface area contributed by atoms with Crippen LogP contribution in [0.2, 0.25) is 0 Å². The van der Waals surface area contributed by atoms with Gasteiger partial charge in [0, 0.05) is 45.0 Å². The van der Waals surface area contributed by atoms with Gasteiger partial charge < -0.3 is 19.3 Å². The maximum absolute atomic E-state index is 13.2. The van der Waals surface area contributed by atoms with Crippen LogP contribution < -0.4 is 0 Å². The molecule has 0 N–H and O–H groups in total. The van der Waals surface area contributed by atoms with Crippen LogP contribution in [0, 0.1) is 0 Å². The van der Waals surface area contributed by atoms with E-state index in [4.69, 9.17) is 9.47 Å². The molecule has 2 atom stereocenters. The summed E-state index contributed by atoms with van der Waals surface area (Å²) in [4.78, 5) is 20.0. The summed E-state index contributed by atoms with van der Waals surface area (Å²) in [6.07, 6.45) is 7.73. The van der Waals surface area contributed by atoms with Crippen molar-refractivity contribution in [2.45, 2.75) is 31.4 Å². The molecule has 0 saturated carbocycles. The van der Waals surface area contributed by atoms with E-state index in [0.29, 0.717) is 32.9 Å². The van der Waals surface area contributed by atoms with Crippen LogP contribution in [0.15, 0.2) is 12.4 Å². The highest BCUT2D eigenvalue weighted by atomic mass is 16.5. The third kappa shape index (κ3) is 4.74. The average Bonchev–Trinajstić information content (AvgIpc) is 3.15. The van der Waals surface area contributed by atoms with E-state index >= 15 is 0 Å². The predicted molar refractivity (Wildman–Crippen MR) is 105 cm³/mol. The lowest BCUT2D eigenvalue weighted by Gasteiger charge is -2.43. The second-order valence-corrected chi connectivity index (χ2v) is 8.14. The van der Waals surface area contributed by atoms with Crippen LogP contribution in [0.3, 0.4) is 0 Å². The molecule has 1 amide bonds. The van der Waals surface area contributed by atoms with Crippen LogP contribution in [0.4, 0.5) is 0 Å². The van der Waals surface area contributed by atoms with Gasteiger partial charge in [0.15, 0.2) is 0 Å². The Labute approximate surface area is 167 Å². The van der Waals surface area contributed by atoms with Gasteiger partial charge in [0.2, 0.25) is 5.91 Å². The van der Waals surface area contributed by atoms with Gasteiger partial charge >= 0.3 is 0 Å². The zero-order valence-corrected chi connectivity index (χ0v) is 17.0. The first-order valence-electron chi connectivity index (χ1n) is 10.6. The molecule has 0 unspecified atom stereocenters. The fraction of sp³-hybridized carbons (Fsp3) is 0.800. The molecule has 0 radical (unpaired) electrons. The summed E-state index contributed by atoms with van der Waals surface area (Å²) in [5, 5.41) is 4.37. The largest absolute Gasteiger partial charge is 0.379 e. The number of carbonyl (C=O) groups is 1. The second-order valence-electron chi connectivity index (χ2n) is 8.14. The molecule has 4 heterocycles. The van der Waals surface area contributed by atoms with Gasteiger partial charge in [0.1, 0.15) is 0 Å². The lowest BCUT2D eigenvalue weighted by molar-refractivity contribution is -0.150. The number of aromatic nitrogens is 2. The highest BCUT2D eigenvalue weighted by Crippen LogP contribution is 2.31. The summed E-state index contributed by atoms with van der Waals surface area (Å²) in [5.74, 6) is 0.183. The molecule has 3 fully saturated rings. The molecule has 0 aromatic carbocycles. The maximum atomic E-state index is 13.2. The van der Waals surface area contributed by atoms with Gasteiger partial charge in [-0.2, -0.15) is 5.10 Å². The Hall–Kier alpha value is -1.48. The quantitative estimate of drug-likeness (QED) is 0.729. The first kappa shape index (κ1) is 19.8. The average molecular weight is 392 g/mol. The van der Waals surface area contributed by atoms with Gasteiger partial charge in [-0.3, -0.25) is 14.4 Å². The molecule has 0 aliphatic carbocycles. The Bertz CT molecular complexity index is 640. The highest BCUT2D eigenvalue weighted by molar-refractivity contribution is 5.79. The van der Waals surface area contributed by atoms with E-state index in [-0.39, 0.29) is 18.1 Å². The van der Waals surface area contributed by atoms with Gasteiger partial charge in [-0.15, -0.1) is 0 Å². The molecule has 8 heteroatoms. The van der Waals surface area contributed by atoms with Crippen LogP contribution in [0.5, 0.6) is 0 Å². The lowest BCUT2D eigenvalue weighted by Crippen LogP contribution is -2.54. The van der Waals surface area contributed by atoms with Gasteiger partial charge in [0.25, 0.3) is 0 Å². The smallest absolute Gasteiger partial charge is 0.237 e. The van der Waals surface area contributed by atoms with E-state index < -0.39 is 0 Å². The number of piperidine rings is 1. The van der Waals surface area contributed by atoms with Crippen molar-refractivity contribution >= 4 is 5.91 Å². The molecule has 3 saturated heterocycles. The Balaban J connectivity index is 1.50. The van der Waals surface area contributed by atoms with Crippen molar-refractivity contribution in [3.63, 3.8) is 0 Å². The number of hydrogen-bond donors (Lipinski definition) is 0. The summed E-state index contributed by atoms with van der Waals surface area (Å²) >= 11 is 0. The van der Waals surface area contributed by atoms with Crippen molar-refractivity contribution in [1.82, 2.24) is 24.5 Å². The van der Waals surface area contributed by atoms with Crippen LogP contribution in [0.25, 0.3) is 0 Å². The molecule has 1 aromatic heterocycles. The van der Waals surface area contributed by atoms with E-state index in [0.717, 1.165) is 38.3 Å². The van der Waals surface area contributed by atoms with Crippen molar-refractivity contribution in [2.75, 3.05) is 65.6 Å². The zero-order valence-electron chi connectivity index (χ0n) is 17.0. The van der Waals surface area contributed by atoms with Crippen molar-refractivity contribution in [2.24, 2.45) is 7.05 Å². The number of likely N-dealkylation sites (tertiary alicyclic amines) is 1. The third-order valence-corrected chi connectivity index (χ3v) is 6.09. The summed E-state index contributed by atoms with van der Waals surface area (Å²) in [7, 11) is 1.92. The van der Waals surface area contributed by atoms with E-state index in [1.807, 2.05) is 29.0 Å². The van der Waals surface area contributed by atoms with Gasteiger partial charge in [-0.25, -0.2) is 0 Å². The Kier molecular flexibility index (Phi) is 6.61. The molecule has 3 aliphatic heterocycles. The topological polar surface area (TPSA) is 63.1 Å². The highest BCUT2D eigenvalue weighted by Gasteiger charge is 2.38. The Morgan fingerprint density at radius 2 is 1.86 bits per heavy atom. The number of rotatable bonds is 5. The van der Waals surface area contributed by atoms with Crippen LogP contribution in [0.1, 0.15) is 30.9 Å². The second kappa shape index (κ2) is 9.35. The minimum Gasteiger partial charge on any atom is -0.379 e. The number of nitrogens with zero attached hydrogens (tertiary/aromatic N) is 5. The fourth-order valence-corrected chi connectivity index (χ4v) is 4.59. The number of hydrogen-bond acceptors (Lipinski definition) is 6. The van der Waals surface area contributed by atoms with Gasteiger partial charge in [-0.1, -0.05) is 6.42 Å². The first-order chi connectivity index (χ1) is 13.7. The standard InChI is InChI=1S/C20H33N5O3/c1-22-14-17(13-21-22)20-18(15-23-5-3-2-4-6-23)28-12-9-25(20)19(26)16-24-7-10-27-11-8-24/h13-14,18,20H,2-12,15-16H2,1H3/t18-,20-/m0/s1. The van der Waals surface area contributed by atoms with E-state index in [1.165, 1.54) is 19.3 Å². The van der Waals surface area contributed by atoms with Crippen LogP contribution >= 0.6 is 0 Å². The van der Waals surface area contributed by atoms with Crippen molar-refractivity contribution in [3.05, 3.63) is 18.0 Å². The van der Waals surface area contributed by atoms with Gasteiger partial charge in [-0.05, 0) is 25.9 Å². The van der Waals surface area contributed by atoms with Crippen molar-refractivity contribution in [1.29, 1.82) is 0 Å². The molecule has 156 valence electrons. The first-order valence-corrected chi connectivity index (χ1v) is 10.6. The minimum absolute atomic E-state index is 0.00955. The number of ether oxygens (including phenoxy) is 2. The van der Waals surface area contributed by atoms with E-state index in [9.17, 15) is 4.79 Å². The molecule has 28 heavy (non-hydrogen) atoms. The molecular formula is C20H33N5O3. The van der Waals surface area contributed by atoms with E-state index in [1.54, 1.807) is 0 Å². The summed E-state index contributed by atoms with van der Waals surface area (Å²) in [5.41, 5.74) is 1.07. The monoisotopic (exact) mass is 391 g/mol. The Morgan fingerprint density at radius 3 is 2.57 bits per heavy atom. The molecular weight excluding hydrogens is 358 g/mol. The Morgan fingerprint density at radius 1 is 1.07 bits per heavy atom. The normalized spacial score (nSPS) is 27.8. The van der Waals surface area contributed by atoms with Crippen LogP contribution in [-0.2, 0) is 21.3 Å². The molecule has 3 aliphatic rings. The lowest BCUT2D eigenvalue weighted by atomic mass is 9.99. The number of amides is 1. The van der Waals surface area contributed by atoms with E-state index in [2.05, 4.69) is 14.9 Å². The fourth-order valence-electron chi connectivity index (χ4n) is 4.59. The minimum atomic E-state index is -0.0714. The third-order valence-electron chi connectivity index (χ3n) is 6.09. The summed E-state index contributed by atoms with van der Waals surface area (Å²) < 4.78 is 13.5. The number of carbonyl (C=O) groups excluding carboxylic acids is 1.